The number of hydrogen-bond acceptors (Lipinski definition) is 6. The van der Waals surface area contributed by atoms with Crippen molar-refractivity contribution in [3.05, 3.63) is 23.8 Å². The molecule has 8 nitrogen and oxygen atoms in total. The number of anilines is 1. The average molecular weight is 549 g/mol. The molecule has 2 aromatic heterocycles. The summed E-state index contributed by atoms with van der Waals surface area (Å²) in [5, 5.41) is 4.30. The zero-order chi connectivity index (χ0) is 27.7. The van der Waals surface area contributed by atoms with Crippen LogP contribution in [0.25, 0.3) is 11.0 Å². The first-order chi connectivity index (χ1) is 17.8. The normalized spacial score (nSPS) is 21.3. The molecule has 1 N–H and O–H groups in total. The number of halogens is 1. The van der Waals surface area contributed by atoms with Crippen molar-refractivity contribution in [2.75, 3.05) is 31.7 Å². The van der Waals surface area contributed by atoms with Gasteiger partial charge >= 0.3 is 6.09 Å². The smallest absolute Gasteiger partial charge is 0.410 e. The van der Waals surface area contributed by atoms with Gasteiger partial charge in [-0.05, 0) is 64.5 Å². The van der Waals surface area contributed by atoms with Gasteiger partial charge in [0, 0.05) is 52.1 Å². The number of carbonyl (C=O) groups excluding carboxylic acids is 1. The van der Waals surface area contributed by atoms with Crippen LogP contribution in [-0.2, 0) is 20.9 Å². The van der Waals surface area contributed by atoms with Crippen molar-refractivity contribution in [2.24, 2.45) is 0 Å². The number of ether oxygens (including phenoxy) is 3. The molecule has 0 spiro atoms. The molecule has 2 aliphatic rings. The number of amides is 1. The zero-order valence-corrected chi connectivity index (χ0v) is 25.1. The summed E-state index contributed by atoms with van der Waals surface area (Å²) < 4.78 is 34.8. The van der Waals surface area contributed by atoms with Gasteiger partial charge in [-0.3, -0.25) is 0 Å². The Morgan fingerprint density at radius 3 is 2.61 bits per heavy atom. The fourth-order valence-corrected chi connectivity index (χ4v) is 6.02. The highest BCUT2D eigenvalue weighted by atomic mass is 28.3. The summed E-state index contributed by atoms with van der Waals surface area (Å²) in [6.07, 6.45) is 5.53. The van der Waals surface area contributed by atoms with Crippen molar-refractivity contribution in [2.45, 2.75) is 103 Å². The van der Waals surface area contributed by atoms with E-state index in [0.717, 1.165) is 35.5 Å². The highest BCUT2D eigenvalue weighted by Crippen LogP contribution is 2.39. The van der Waals surface area contributed by atoms with Crippen LogP contribution in [-0.4, -0.2) is 72.7 Å². The van der Waals surface area contributed by atoms with E-state index < -0.39 is 13.7 Å². The Kier molecular flexibility index (Phi) is 8.74. The lowest BCUT2D eigenvalue weighted by Gasteiger charge is -2.29. The molecule has 4 rings (SSSR count). The van der Waals surface area contributed by atoms with E-state index in [1.807, 2.05) is 32.3 Å². The molecule has 38 heavy (non-hydrogen) atoms. The number of hydrogen-bond donors (Lipinski definition) is 1. The maximum atomic E-state index is 15.5. The number of rotatable bonds is 8. The molecule has 0 unspecified atom stereocenters. The lowest BCUT2D eigenvalue weighted by Crippen LogP contribution is -2.42. The number of fused-ring (bicyclic) bond motifs is 1. The van der Waals surface area contributed by atoms with Crippen molar-refractivity contribution in [3.8, 4) is 0 Å². The summed E-state index contributed by atoms with van der Waals surface area (Å²) in [6, 6.07) is 0.828. The second-order valence-corrected chi connectivity index (χ2v) is 18.5. The molecule has 0 radical (unpaired) electrons. The van der Waals surface area contributed by atoms with Crippen LogP contribution in [0.1, 0.15) is 58.4 Å². The Bertz CT molecular complexity index is 1120. The van der Waals surface area contributed by atoms with Gasteiger partial charge in [0.2, 0.25) is 0 Å². The second kappa shape index (κ2) is 11.5. The Balaban J connectivity index is 1.62. The van der Waals surface area contributed by atoms with Gasteiger partial charge in [0.25, 0.3) is 0 Å². The van der Waals surface area contributed by atoms with Crippen LogP contribution in [0.3, 0.4) is 0 Å². The predicted molar refractivity (Wildman–Crippen MR) is 151 cm³/mol. The first kappa shape index (κ1) is 28.8. The fourth-order valence-electron chi connectivity index (χ4n) is 5.26. The fraction of sp³-hybridized carbons (Fsp3) is 0.714. The van der Waals surface area contributed by atoms with Crippen LogP contribution in [0.15, 0.2) is 12.4 Å². The minimum absolute atomic E-state index is 0.110. The van der Waals surface area contributed by atoms with Gasteiger partial charge in [0.15, 0.2) is 5.82 Å². The third-order valence-electron chi connectivity index (χ3n) is 7.47. The molecule has 0 aromatic carbocycles. The average Bonchev–Trinajstić information content (AvgIpc) is 3.38. The molecule has 0 aliphatic carbocycles. The number of nitrogens with zero attached hydrogens (tertiary/aromatic N) is 3. The van der Waals surface area contributed by atoms with Gasteiger partial charge in [-0.25, -0.2) is 14.2 Å². The highest BCUT2D eigenvalue weighted by Gasteiger charge is 2.37. The van der Waals surface area contributed by atoms with Gasteiger partial charge < -0.3 is 29.0 Å². The lowest BCUT2D eigenvalue weighted by atomic mass is 9.91. The molecule has 2 saturated heterocycles. The molecule has 2 aliphatic heterocycles. The number of likely N-dealkylation sites (tertiary alicyclic amines) is 1. The molecule has 0 bridgehead atoms. The lowest BCUT2D eigenvalue weighted by molar-refractivity contribution is 0.0236. The van der Waals surface area contributed by atoms with Crippen LogP contribution < -0.4 is 5.32 Å². The van der Waals surface area contributed by atoms with E-state index in [1.54, 1.807) is 4.90 Å². The first-order valence-corrected chi connectivity index (χ1v) is 17.6. The van der Waals surface area contributed by atoms with Crippen LogP contribution >= 0.6 is 0 Å². The minimum atomic E-state index is -1.20. The van der Waals surface area contributed by atoms with E-state index in [2.05, 4.69) is 36.1 Å². The van der Waals surface area contributed by atoms with E-state index in [0.29, 0.717) is 45.2 Å². The molecule has 2 aromatic rings. The van der Waals surface area contributed by atoms with Gasteiger partial charge in [-0.2, -0.15) is 0 Å². The topological polar surface area (TPSA) is 77.9 Å². The number of aromatic nitrogens is 2. The van der Waals surface area contributed by atoms with E-state index in [1.165, 1.54) is 6.20 Å². The summed E-state index contributed by atoms with van der Waals surface area (Å²) in [6.45, 7) is 17.6. The van der Waals surface area contributed by atoms with Crippen LogP contribution in [0.4, 0.5) is 14.9 Å². The van der Waals surface area contributed by atoms with Gasteiger partial charge in [0.05, 0.1) is 17.9 Å². The van der Waals surface area contributed by atoms with Crippen molar-refractivity contribution >= 4 is 30.9 Å². The second-order valence-electron chi connectivity index (χ2n) is 12.9. The molecule has 2 atom stereocenters. The maximum Gasteiger partial charge on any atom is 0.410 e. The third kappa shape index (κ3) is 6.87. The molecular formula is C28H45FN4O4Si. The first-order valence-electron chi connectivity index (χ1n) is 13.9. The Morgan fingerprint density at radius 2 is 1.95 bits per heavy atom. The summed E-state index contributed by atoms with van der Waals surface area (Å²) in [4.78, 5) is 19.0. The van der Waals surface area contributed by atoms with Crippen LogP contribution in [0, 0.1) is 5.82 Å². The minimum Gasteiger partial charge on any atom is -0.444 e. The van der Waals surface area contributed by atoms with Gasteiger partial charge in [0.1, 0.15) is 18.0 Å². The quantitative estimate of drug-likeness (QED) is 0.313. The largest absolute Gasteiger partial charge is 0.444 e. The van der Waals surface area contributed by atoms with E-state index in [9.17, 15) is 4.79 Å². The molecule has 4 heterocycles. The number of carbonyl (C=O) groups is 1. The Hall–Kier alpha value is -2.17. The molecule has 212 valence electrons. The Morgan fingerprint density at radius 1 is 1.24 bits per heavy atom. The molecule has 2 fully saturated rings. The highest BCUT2D eigenvalue weighted by molar-refractivity contribution is 6.76. The molecular weight excluding hydrogens is 503 g/mol. The van der Waals surface area contributed by atoms with Gasteiger partial charge in [-0.15, -0.1) is 0 Å². The summed E-state index contributed by atoms with van der Waals surface area (Å²) >= 11 is 0. The van der Waals surface area contributed by atoms with Crippen molar-refractivity contribution in [3.63, 3.8) is 0 Å². The van der Waals surface area contributed by atoms with Crippen molar-refractivity contribution < 1.29 is 23.4 Å². The molecule has 1 amide bonds. The van der Waals surface area contributed by atoms with Crippen molar-refractivity contribution in [1.82, 2.24) is 14.5 Å². The molecule has 10 heteroatoms. The summed E-state index contributed by atoms with van der Waals surface area (Å²) in [5.41, 5.74) is 1.70. The van der Waals surface area contributed by atoms with E-state index in [-0.39, 0.29) is 29.9 Å². The van der Waals surface area contributed by atoms with E-state index in [4.69, 9.17) is 14.2 Å². The van der Waals surface area contributed by atoms with Crippen LogP contribution in [0.5, 0.6) is 0 Å². The Labute approximate surface area is 227 Å². The van der Waals surface area contributed by atoms with E-state index >= 15 is 4.39 Å². The predicted octanol–water partition coefficient (Wildman–Crippen LogP) is 6.19. The number of nitrogens with one attached hydrogen (secondary N) is 1. The standard InChI is InChI=1S/C28H45FN4O4Si/c1-19-23(8-11-33(19)27(34)37-28(2,3)4)31-25-22(29)16-30-26-24(25)21(20-9-12-35-13-10-20)17-32(26)18-36-14-15-38(5,6)7/h16-17,19-20,23H,8-15,18H2,1-7H3,(H,30,31)/t19-,23-/m1/s1. The summed E-state index contributed by atoms with van der Waals surface area (Å²) in [5.74, 6) is -0.121. The number of pyridine rings is 1. The monoisotopic (exact) mass is 548 g/mol. The zero-order valence-electron chi connectivity index (χ0n) is 24.1. The maximum absolute atomic E-state index is 15.5. The summed E-state index contributed by atoms with van der Waals surface area (Å²) in [7, 11) is -1.20. The SMILES string of the molecule is C[C@@H]1[C@H](Nc2c(F)cnc3c2c(C2CCOCC2)cn3COCC[Si](C)(C)C)CCN1C(=O)OC(C)(C)C. The van der Waals surface area contributed by atoms with Crippen LogP contribution in [0.2, 0.25) is 25.7 Å². The third-order valence-corrected chi connectivity index (χ3v) is 9.17. The van der Waals surface area contributed by atoms with Gasteiger partial charge in [-0.1, -0.05) is 19.6 Å². The molecule has 0 saturated carbocycles. The van der Waals surface area contributed by atoms with Crippen molar-refractivity contribution in [1.29, 1.82) is 0 Å².